The van der Waals surface area contributed by atoms with Crippen LogP contribution in [0.5, 0.6) is 0 Å². The van der Waals surface area contributed by atoms with Gasteiger partial charge in [-0.1, -0.05) is 82.1 Å². The van der Waals surface area contributed by atoms with E-state index in [0.29, 0.717) is 39.5 Å². The fourth-order valence-electron chi connectivity index (χ4n) is 4.74. The van der Waals surface area contributed by atoms with Gasteiger partial charge in [-0.2, -0.15) is 0 Å². The molecule has 2 heterocycles. The summed E-state index contributed by atoms with van der Waals surface area (Å²) in [6.07, 6.45) is 0. The molecule has 0 amide bonds. The van der Waals surface area contributed by atoms with E-state index in [1.807, 2.05) is 12.1 Å². The molecule has 0 unspecified atom stereocenters. The van der Waals surface area contributed by atoms with Gasteiger partial charge in [0.1, 0.15) is 10.9 Å². The van der Waals surface area contributed by atoms with Crippen LogP contribution in [0, 0.1) is 46.5 Å². The molecule has 0 N–H and O–H groups in total. The number of hydrogen-bond acceptors (Lipinski definition) is 3. The summed E-state index contributed by atoms with van der Waals surface area (Å²) >= 11 is 25.2. The average molecular weight is 972 g/mol. The molecule has 0 spiro atoms. The Balaban J connectivity index is 0.000000203. The predicted molar refractivity (Wildman–Crippen MR) is 203 cm³/mol. The molecule has 0 bridgehead atoms. The lowest BCUT2D eigenvalue weighted by atomic mass is 10.3. The predicted octanol–water partition coefficient (Wildman–Crippen LogP) is 11.9. The smallest absolute Gasteiger partial charge is 0.762 e. The van der Waals surface area contributed by atoms with Crippen molar-refractivity contribution in [3.05, 3.63) is 158 Å². The summed E-state index contributed by atoms with van der Waals surface area (Å²) < 4.78 is 149. The fourth-order valence-corrected chi connectivity index (χ4v) is 11.9. The molecule has 2 aliphatic rings. The van der Waals surface area contributed by atoms with Crippen LogP contribution in [-0.4, -0.2) is 11.8 Å². The number of rotatable bonds is 1. The molecule has 0 saturated carbocycles. The first-order valence-corrected chi connectivity index (χ1v) is 20.6. The quantitative estimate of drug-likeness (QED) is 0.0927. The van der Waals surface area contributed by atoms with Crippen molar-refractivity contribution in [1.29, 1.82) is 0 Å². The topological polar surface area (TPSA) is 17.1 Å². The summed E-state index contributed by atoms with van der Waals surface area (Å²) in [6.45, 7) is 0. The first-order chi connectivity index (χ1) is 26.9. The van der Waals surface area contributed by atoms with E-state index in [0.717, 1.165) is 72.1 Å². The van der Waals surface area contributed by atoms with Crippen LogP contribution in [0.4, 0.5) is 48.1 Å². The third kappa shape index (κ3) is 11.2. The van der Waals surface area contributed by atoms with E-state index in [4.69, 9.17) is 46.4 Å². The molecule has 0 fully saturated rings. The number of fused-ring (bicyclic) bond motifs is 4. The molecule has 0 radical (unpaired) electrons. The number of halogens is 16. The Kier molecular flexibility index (Phi) is 16.8. The minimum atomic E-state index is -3.67. The van der Waals surface area contributed by atoms with Crippen LogP contribution >= 0.6 is 69.9 Å². The highest BCUT2D eigenvalue weighted by Gasteiger charge is 2.41. The zero-order valence-electron chi connectivity index (χ0n) is 27.8. The van der Waals surface area contributed by atoms with Crippen LogP contribution in [0.1, 0.15) is 0 Å². The Morgan fingerprint density at radius 1 is 0.466 bits per heavy atom. The summed E-state index contributed by atoms with van der Waals surface area (Å²) in [5, 5.41) is 1.83. The first-order valence-electron chi connectivity index (χ1n) is 15.1. The van der Waals surface area contributed by atoms with Gasteiger partial charge in [-0.3, -0.25) is 12.9 Å². The van der Waals surface area contributed by atoms with Crippen LogP contribution in [0.15, 0.2) is 135 Å². The molecule has 6 aromatic rings. The SMILES string of the molecule is Clc1ccccc1Cl.FB(F)F.Fc1cc2c(cc1F)[S+](c1ccc(Cl)c(Cl)c1)c1cc(F)c(F)cc1S2.O=S1c2cc(F)c(F)cc2Sc2cc(F)c(F)cc21.[F-]. The maximum absolute atomic E-state index is 13.9. The lowest BCUT2D eigenvalue weighted by Gasteiger charge is -2.19. The van der Waals surface area contributed by atoms with Crippen molar-refractivity contribution in [2.24, 2.45) is 0 Å². The monoisotopic (exact) mass is 970 g/mol. The van der Waals surface area contributed by atoms with Crippen molar-refractivity contribution in [3.8, 4) is 0 Å². The second kappa shape index (κ2) is 20.4. The lowest BCUT2D eigenvalue weighted by Crippen LogP contribution is -3.00. The van der Waals surface area contributed by atoms with E-state index in [1.54, 1.807) is 30.3 Å². The number of benzene rings is 6. The molecule has 22 heteroatoms. The van der Waals surface area contributed by atoms with Gasteiger partial charge in [0, 0.05) is 28.0 Å². The maximum Gasteiger partial charge on any atom is 0.762 e. The van der Waals surface area contributed by atoms with Crippen LogP contribution in [0.2, 0.25) is 20.1 Å². The minimum Gasteiger partial charge on any atom is -1.00 e. The molecule has 0 aromatic heterocycles. The van der Waals surface area contributed by atoms with Gasteiger partial charge in [0.2, 0.25) is 0 Å². The zero-order chi connectivity index (χ0) is 41.9. The summed E-state index contributed by atoms with van der Waals surface area (Å²) in [5.41, 5.74) is 0. The van der Waals surface area contributed by atoms with Crippen LogP contribution in [-0.2, 0) is 21.7 Å². The molecular weight excluding hydrogens is 957 g/mol. The van der Waals surface area contributed by atoms with E-state index < -0.39 is 75.8 Å². The van der Waals surface area contributed by atoms with Crippen molar-refractivity contribution >= 4 is 99.2 Å². The summed E-state index contributed by atoms with van der Waals surface area (Å²) in [5.74, 6) is -8.41. The Morgan fingerprint density at radius 3 is 1.17 bits per heavy atom. The van der Waals surface area contributed by atoms with Gasteiger partial charge in [0.15, 0.2) is 61.2 Å². The van der Waals surface area contributed by atoms with Crippen molar-refractivity contribution < 1.29 is 57.0 Å². The molecular formula is C36H15BCl4F12OS4. The Bertz CT molecular complexity index is 2380. The standard InChI is InChI=1S/C18H7Cl2F4S2.C12H4F4OS2.C6H4Cl2.BF3.FH/c19-9-2-1-8(3-10(9)20)26-17-6-13(23)11(21)4-15(17)25-16-5-12(22)14(24)7-18(16)26;13-5-1-9-11(3-7(5)15)19(17)12-4-8(16)6(14)2-10(12)18-9;7-5-3-1-2-4-6(5)8;2-1(3)4;/h1-7H;1-4H;1-4H;;1H/q+1;;;;/p-1. The summed E-state index contributed by atoms with van der Waals surface area (Å²) in [7, 11) is -6.52. The Hall–Kier alpha value is -3.10. The Labute approximate surface area is 355 Å². The van der Waals surface area contributed by atoms with Gasteiger partial charge in [-0.15, -0.1) is 0 Å². The Morgan fingerprint density at radius 2 is 0.793 bits per heavy atom. The lowest BCUT2D eigenvalue weighted by molar-refractivity contribution is -0.0000186. The van der Waals surface area contributed by atoms with Crippen molar-refractivity contribution in [3.63, 3.8) is 0 Å². The fraction of sp³-hybridized carbons (Fsp3) is 0. The second-order valence-corrected chi connectivity index (χ2v) is 18.0. The normalized spacial score (nSPS) is 12.4. The first kappa shape index (κ1) is 47.6. The molecule has 1 nitrogen and oxygen atoms in total. The van der Waals surface area contributed by atoms with Crippen LogP contribution in [0.3, 0.4) is 0 Å². The van der Waals surface area contributed by atoms with Gasteiger partial charge in [0.25, 0.3) is 0 Å². The molecule has 0 aliphatic carbocycles. The highest BCUT2D eigenvalue weighted by Crippen LogP contribution is 2.50. The average Bonchev–Trinajstić information content (AvgIpc) is 3.14. The highest BCUT2D eigenvalue weighted by atomic mass is 35.5. The van der Waals surface area contributed by atoms with E-state index in [2.05, 4.69) is 0 Å². The number of hydrogen-bond donors (Lipinski definition) is 0. The van der Waals surface area contributed by atoms with Crippen molar-refractivity contribution in [1.82, 2.24) is 0 Å². The van der Waals surface area contributed by atoms with Crippen molar-refractivity contribution in [2.75, 3.05) is 0 Å². The second-order valence-electron chi connectivity index (χ2n) is 10.9. The van der Waals surface area contributed by atoms with Gasteiger partial charge in [-0.05, 0) is 60.7 Å². The third-order valence-electron chi connectivity index (χ3n) is 7.18. The molecule has 0 atom stereocenters. The molecule has 304 valence electrons. The van der Waals surface area contributed by atoms with Gasteiger partial charge in [0.05, 0.1) is 50.5 Å². The molecule has 0 saturated heterocycles. The molecule has 58 heavy (non-hydrogen) atoms. The zero-order valence-corrected chi connectivity index (χ0v) is 34.1. The molecule has 8 rings (SSSR count). The van der Waals surface area contributed by atoms with Gasteiger partial charge in [-0.25, -0.2) is 39.3 Å². The minimum absolute atomic E-state index is 0. The van der Waals surface area contributed by atoms with Gasteiger partial charge < -0.3 is 4.70 Å². The largest absolute Gasteiger partial charge is 1.00 e. The summed E-state index contributed by atoms with van der Waals surface area (Å²) in [6, 6.07) is 19.8. The summed E-state index contributed by atoms with van der Waals surface area (Å²) in [4.78, 5) is 3.06. The molecule has 6 aromatic carbocycles. The van der Waals surface area contributed by atoms with Crippen LogP contribution < -0.4 is 4.70 Å². The highest BCUT2D eigenvalue weighted by molar-refractivity contribution is 8.04. The van der Waals surface area contributed by atoms with Crippen molar-refractivity contribution in [2.45, 2.75) is 44.1 Å². The van der Waals surface area contributed by atoms with E-state index >= 15 is 0 Å². The van der Waals surface area contributed by atoms with Gasteiger partial charge >= 0.3 is 7.54 Å². The maximum atomic E-state index is 13.9. The van der Waals surface area contributed by atoms with E-state index in [9.17, 15) is 52.3 Å². The van der Waals surface area contributed by atoms with Crippen LogP contribution in [0.25, 0.3) is 0 Å². The third-order valence-corrected chi connectivity index (χ3v) is 15.2. The van der Waals surface area contributed by atoms with E-state index in [1.165, 1.54) is 0 Å². The van der Waals surface area contributed by atoms with E-state index in [-0.39, 0.29) is 29.3 Å². The molecule has 2 aliphatic heterocycles.